The van der Waals surface area contributed by atoms with Gasteiger partial charge in [0, 0.05) is 54.0 Å². The van der Waals surface area contributed by atoms with E-state index < -0.39 is 16.4 Å². The second kappa shape index (κ2) is 13.9. The largest absolute Gasteiger partial charge is 0.444 e. The summed E-state index contributed by atoms with van der Waals surface area (Å²) in [6.07, 6.45) is 5.94. The normalized spacial score (nSPS) is 24.2. The van der Waals surface area contributed by atoms with Gasteiger partial charge in [-0.2, -0.15) is 0 Å². The Bertz CT molecular complexity index is 604. The van der Waals surface area contributed by atoms with Crippen LogP contribution in [-0.4, -0.2) is 70.0 Å². The van der Waals surface area contributed by atoms with Crippen LogP contribution in [-0.2, 0) is 15.5 Å². The first kappa shape index (κ1) is 28.5. The number of guanidine groups is 1. The third kappa shape index (κ3) is 10.3. The second-order valence-corrected chi connectivity index (χ2v) is 11.4. The quantitative estimate of drug-likeness (QED) is 0.288. The maximum Gasteiger partial charge on any atom is 0.410 e. The molecule has 1 aliphatic carbocycles. The Balaban J connectivity index is 0.00000480. The van der Waals surface area contributed by atoms with Crippen LogP contribution in [0.1, 0.15) is 73.1 Å². The van der Waals surface area contributed by atoms with Crippen LogP contribution in [0.5, 0.6) is 0 Å². The van der Waals surface area contributed by atoms with Crippen LogP contribution >= 0.6 is 24.0 Å². The maximum absolute atomic E-state index is 12.2. The Morgan fingerprint density at radius 2 is 1.84 bits per heavy atom. The minimum atomic E-state index is -0.717. The highest BCUT2D eigenvalue weighted by Gasteiger charge is 2.28. The lowest BCUT2D eigenvalue weighted by Crippen LogP contribution is -2.47. The number of carbonyl (C=O) groups is 1. The zero-order valence-corrected chi connectivity index (χ0v) is 23.1. The molecule has 1 saturated carbocycles. The number of hydrogen-bond donors (Lipinski definition) is 2. The molecule has 0 aromatic carbocycles. The van der Waals surface area contributed by atoms with Crippen molar-refractivity contribution in [2.75, 3.05) is 31.9 Å². The van der Waals surface area contributed by atoms with Crippen LogP contribution in [0, 0.1) is 5.92 Å². The van der Waals surface area contributed by atoms with Crippen molar-refractivity contribution in [1.29, 1.82) is 0 Å². The Morgan fingerprint density at radius 1 is 1.16 bits per heavy atom. The summed E-state index contributed by atoms with van der Waals surface area (Å²) in [5, 5.41) is 7.24. The van der Waals surface area contributed by atoms with Gasteiger partial charge in [-0.15, -0.1) is 24.0 Å². The molecule has 182 valence electrons. The molecular formula is C22H43IN4O3S. The zero-order valence-electron chi connectivity index (χ0n) is 19.9. The van der Waals surface area contributed by atoms with Crippen molar-refractivity contribution < 1.29 is 13.7 Å². The molecule has 2 rings (SSSR count). The molecule has 0 aromatic rings. The van der Waals surface area contributed by atoms with E-state index in [1.54, 1.807) is 0 Å². The third-order valence-corrected chi connectivity index (χ3v) is 7.48. The molecular weight excluding hydrogens is 527 g/mol. The summed E-state index contributed by atoms with van der Waals surface area (Å²) in [4.78, 5) is 18.9. The number of amides is 1. The van der Waals surface area contributed by atoms with Gasteiger partial charge < -0.3 is 20.3 Å². The van der Waals surface area contributed by atoms with Gasteiger partial charge in [-0.25, -0.2) is 4.79 Å². The minimum absolute atomic E-state index is 0. The van der Waals surface area contributed by atoms with Gasteiger partial charge in [0.15, 0.2) is 5.96 Å². The van der Waals surface area contributed by atoms with Crippen molar-refractivity contribution in [3.8, 4) is 0 Å². The lowest BCUT2D eigenvalue weighted by atomic mass is 9.95. The first-order valence-electron chi connectivity index (χ1n) is 11.6. The molecule has 1 heterocycles. The van der Waals surface area contributed by atoms with Crippen LogP contribution in [0.3, 0.4) is 0 Å². The number of piperidine rings is 1. The number of hydrogen-bond acceptors (Lipinski definition) is 4. The highest BCUT2D eigenvalue weighted by atomic mass is 127. The molecule has 0 spiro atoms. The molecule has 2 N–H and O–H groups in total. The standard InChI is InChI=1S/C22H42N4O3S.HI/c1-6-23-20(25-18-9-8-10-19(15-18)30(28)7-2)24-16-17-11-13-26(14-12-17)21(27)29-22(3,4)5;/h17-19H,6-16H2,1-5H3,(H2,23,24,25);1H. The average Bonchev–Trinajstić information content (AvgIpc) is 2.71. The van der Waals surface area contributed by atoms with E-state index in [4.69, 9.17) is 9.73 Å². The van der Waals surface area contributed by atoms with E-state index in [9.17, 15) is 9.00 Å². The molecule has 9 heteroatoms. The van der Waals surface area contributed by atoms with Crippen molar-refractivity contribution >= 4 is 46.8 Å². The summed E-state index contributed by atoms with van der Waals surface area (Å²) >= 11 is 0. The van der Waals surface area contributed by atoms with E-state index >= 15 is 0 Å². The predicted molar refractivity (Wildman–Crippen MR) is 140 cm³/mol. The fraction of sp³-hybridized carbons (Fsp3) is 0.909. The van der Waals surface area contributed by atoms with E-state index in [-0.39, 0.29) is 30.1 Å². The number of rotatable bonds is 6. The topological polar surface area (TPSA) is 83.0 Å². The van der Waals surface area contributed by atoms with E-state index in [0.717, 1.165) is 76.4 Å². The van der Waals surface area contributed by atoms with Crippen molar-refractivity contribution in [1.82, 2.24) is 15.5 Å². The van der Waals surface area contributed by atoms with Crippen LogP contribution in [0.4, 0.5) is 4.79 Å². The number of carbonyl (C=O) groups excluding carboxylic acids is 1. The summed E-state index contributed by atoms with van der Waals surface area (Å²) in [7, 11) is -0.717. The highest BCUT2D eigenvalue weighted by molar-refractivity contribution is 14.0. The van der Waals surface area contributed by atoms with Gasteiger partial charge in [0.1, 0.15) is 5.60 Å². The number of halogens is 1. The molecule has 1 aliphatic heterocycles. The van der Waals surface area contributed by atoms with Gasteiger partial charge in [-0.05, 0) is 65.7 Å². The number of aliphatic imine (C=N–C) groups is 1. The molecule has 2 fully saturated rings. The summed E-state index contributed by atoms with van der Waals surface area (Å²) in [6, 6.07) is 0.339. The molecule has 7 nitrogen and oxygen atoms in total. The summed E-state index contributed by atoms with van der Waals surface area (Å²) in [6.45, 7) is 12.8. The molecule has 31 heavy (non-hydrogen) atoms. The molecule has 2 aliphatic rings. The van der Waals surface area contributed by atoms with Gasteiger partial charge in [0.2, 0.25) is 0 Å². The molecule has 1 amide bonds. The summed E-state index contributed by atoms with van der Waals surface area (Å²) < 4.78 is 17.7. The van der Waals surface area contributed by atoms with E-state index in [2.05, 4.69) is 17.6 Å². The van der Waals surface area contributed by atoms with Crippen molar-refractivity contribution in [3.63, 3.8) is 0 Å². The van der Waals surface area contributed by atoms with E-state index in [1.807, 2.05) is 32.6 Å². The van der Waals surface area contributed by atoms with Crippen LogP contribution in [0.25, 0.3) is 0 Å². The van der Waals surface area contributed by atoms with Gasteiger partial charge in [0.05, 0.1) is 0 Å². The van der Waals surface area contributed by atoms with Gasteiger partial charge in [0.25, 0.3) is 0 Å². The molecule has 0 bridgehead atoms. The zero-order chi connectivity index (χ0) is 22.1. The Labute approximate surface area is 208 Å². The number of nitrogens with zero attached hydrogens (tertiary/aromatic N) is 2. The monoisotopic (exact) mass is 570 g/mol. The van der Waals surface area contributed by atoms with Crippen molar-refractivity contribution in [2.24, 2.45) is 10.9 Å². The van der Waals surface area contributed by atoms with Crippen LogP contribution in [0.15, 0.2) is 4.99 Å². The van der Waals surface area contributed by atoms with Crippen LogP contribution < -0.4 is 10.6 Å². The van der Waals surface area contributed by atoms with Gasteiger partial charge >= 0.3 is 6.09 Å². The summed E-state index contributed by atoms with van der Waals surface area (Å²) in [5.74, 6) is 2.08. The number of likely N-dealkylation sites (tertiary alicyclic amines) is 1. The Kier molecular flexibility index (Phi) is 12.7. The highest BCUT2D eigenvalue weighted by Crippen LogP contribution is 2.23. The minimum Gasteiger partial charge on any atom is -0.444 e. The summed E-state index contributed by atoms with van der Waals surface area (Å²) in [5.41, 5.74) is -0.452. The number of nitrogens with one attached hydrogen (secondary N) is 2. The molecule has 3 unspecified atom stereocenters. The molecule has 0 aromatic heterocycles. The van der Waals surface area contributed by atoms with E-state index in [1.165, 1.54) is 0 Å². The Morgan fingerprint density at radius 3 is 2.42 bits per heavy atom. The lowest BCUT2D eigenvalue weighted by Gasteiger charge is -2.33. The number of ether oxygens (including phenoxy) is 1. The van der Waals surface area contributed by atoms with Crippen molar-refractivity contribution in [2.45, 2.75) is 90.0 Å². The van der Waals surface area contributed by atoms with E-state index in [0.29, 0.717) is 17.2 Å². The van der Waals surface area contributed by atoms with Gasteiger partial charge in [-0.3, -0.25) is 9.20 Å². The van der Waals surface area contributed by atoms with Crippen LogP contribution in [0.2, 0.25) is 0 Å². The Hall–Kier alpha value is -0.580. The first-order valence-corrected chi connectivity index (χ1v) is 13.0. The molecule has 0 radical (unpaired) electrons. The van der Waals surface area contributed by atoms with Crippen molar-refractivity contribution in [3.05, 3.63) is 0 Å². The van der Waals surface area contributed by atoms with Gasteiger partial charge in [-0.1, -0.05) is 13.3 Å². The molecule has 1 saturated heterocycles. The average molecular weight is 571 g/mol. The fourth-order valence-corrected chi connectivity index (χ4v) is 5.46. The first-order chi connectivity index (χ1) is 14.2. The second-order valence-electron chi connectivity index (χ2n) is 9.43. The lowest BCUT2D eigenvalue weighted by molar-refractivity contribution is 0.0187. The SMILES string of the molecule is CCNC(=NCC1CCN(C(=O)OC(C)(C)C)CC1)NC1CCCC(S(=O)CC)C1.I. The third-order valence-electron chi connectivity index (χ3n) is 5.74. The smallest absolute Gasteiger partial charge is 0.410 e. The molecule has 3 atom stereocenters. The predicted octanol–water partition coefficient (Wildman–Crippen LogP) is 3.89. The maximum atomic E-state index is 12.2. The fourth-order valence-electron chi connectivity index (χ4n) is 4.11.